The molecule has 3 aromatic carbocycles. The standard InChI is InChI=1S/C26H31P/c1-19-4-6-22(7-5-19)12-14-25-16-17-26(21(3)20(25)2)15-13-23-8-10-24(18-27)11-9-23/h4-11,16-17H,12-15,18,27H2,1-3H3. The Balaban J connectivity index is 1.64. The summed E-state index contributed by atoms with van der Waals surface area (Å²) in [6.07, 6.45) is 5.49. The van der Waals surface area contributed by atoms with Crippen LogP contribution in [0, 0.1) is 20.8 Å². The predicted molar refractivity (Wildman–Crippen MR) is 122 cm³/mol. The van der Waals surface area contributed by atoms with Gasteiger partial charge in [-0.15, -0.1) is 9.24 Å². The number of aryl methyl sites for hydroxylation is 5. The average Bonchev–Trinajstić information content (AvgIpc) is 2.70. The molecule has 0 fully saturated rings. The zero-order chi connectivity index (χ0) is 19.2. The molecule has 0 N–H and O–H groups in total. The first kappa shape index (κ1) is 19.8. The van der Waals surface area contributed by atoms with Crippen molar-refractivity contribution in [2.45, 2.75) is 52.6 Å². The van der Waals surface area contributed by atoms with E-state index in [4.69, 9.17) is 0 Å². The Morgan fingerprint density at radius 2 is 0.926 bits per heavy atom. The van der Waals surface area contributed by atoms with Crippen LogP contribution in [0.4, 0.5) is 0 Å². The van der Waals surface area contributed by atoms with E-state index in [0.717, 1.165) is 31.8 Å². The molecule has 0 saturated heterocycles. The zero-order valence-electron chi connectivity index (χ0n) is 16.9. The maximum atomic E-state index is 2.79. The van der Waals surface area contributed by atoms with Crippen molar-refractivity contribution in [2.24, 2.45) is 0 Å². The van der Waals surface area contributed by atoms with E-state index in [-0.39, 0.29) is 0 Å². The van der Waals surface area contributed by atoms with Crippen molar-refractivity contribution in [3.8, 4) is 0 Å². The minimum Gasteiger partial charge on any atom is -0.133 e. The molecule has 27 heavy (non-hydrogen) atoms. The summed E-state index contributed by atoms with van der Waals surface area (Å²) >= 11 is 0. The first-order valence-corrected chi connectivity index (χ1v) is 10.8. The van der Waals surface area contributed by atoms with Gasteiger partial charge in [0.2, 0.25) is 0 Å². The van der Waals surface area contributed by atoms with Crippen molar-refractivity contribution in [3.63, 3.8) is 0 Å². The van der Waals surface area contributed by atoms with Gasteiger partial charge in [-0.1, -0.05) is 66.2 Å². The molecule has 0 amide bonds. The third-order valence-electron chi connectivity index (χ3n) is 5.76. The van der Waals surface area contributed by atoms with Gasteiger partial charge in [0.1, 0.15) is 0 Å². The second-order valence-corrected chi connectivity index (χ2v) is 8.05. The third-order valence-corrected chi connectivity index (χ3v) is 6.23. The fourth-order valence-corrected chi connectivity index (χ4v) is 3.90. The van der Waals surface area contributed by atoms with Crippen molar-refractivity contribution in [1.29, 1.82) is 0 Å². The molecule has 0 aromatic heterocycles. The van der Waals surface area contributed by atoms with Crippen LogP contribution in [-0.2, 0) is 31.8 Å². The van der Waals surface area contributed by atoms with E-state index in [1.54, 1.807) is 0 Å². The Hall–Kier alpha value is -1.91. The molecule has 140 valence electrons. The molecular formula is C26H31P. The van der Waals surface area contributed by atoms with Gasteiger partial charge in [-0.3, -0.25) is 0 Å². The Kier molecular flexibility index (Phi) is 6.86. The summed E-state index contributed by atoms with van der Waals surface area (Å²) in [5.74, 6) is 0. The summed E-state index contributed by atoms with van der Waals surface area (Å²) in [6.45, 7) is 6.72. The van der Waals surface area contributed by atoms with E-state index in [2.05, 4.69) is 90.7 Å². The van der Waals surface area contributed by atoms with E-state index >= 15 is 0 Å². The van der Waals surface area contributed by atoms with Gasteiger partial charge in [-0.25, -0.2) is 0 Å². The normalized spacial score (nSPS) is 11.0. The predicted octanol–water partition coefficient (Wildman–Crippen LogP) is 6.56. The molecule has 0 heterocycles. The molecule has 0 nitrogen and oxygen atoms in total. The fourth-order valence-electron chi connectivity index (χ4n) is 3.63. The van der Waals surface area contributed by atoms with Crippen molar-refractivity contribution >= 4 is 9.24 Å². The highest BCUT2D eigenvalue weighted by molar-refractivity contribution is 7.15. The Morgan fingerprint density at radius 1 is 0.519 bits per heavy atom. The van der Waals surface area contributed by atoms with Gasteiger partial charge in [0, 0.05) is 0 Å². The maximum absolute atomic E-state index is 2.79. The second-order valence-electron chi connectivity index (χ2n) is 7.64. The third kappa shape index (κ3) is 5.30. The Morgan fingerprint density at radius 3 is 1.37 bits per heavy atom. The summed E-state index contributed by atoms with van der Waals surface area (Å²) in [6, 6.07) is 22.7. The van der Waals surface area contributed by atoms with Crippen LogP contribution in [0.15, 0.2) is 60.7 Å². The van der Waals surface area contributed by atoms with Crippen LogP contribution in [0.2, 0.25) is 0 Å². The van der Waals surface area contributed by atoms with Crippen molar-refractivity contribution in [1.82, 2.24) is 0 Å². The molecule has 1 atom stereocenters. The monoisotopic (exact) mass is 374 g/mol. The molecule has 0 aliphatic heterocycles. The minimum absolute atomic E-state index is 1.03. The Bertz CT molecular complexity index is 873. The van der Waals surface area contributed by atoms with E-state index in [1.807, 2.05) is 0 Å². The van der Waals surface area contributed by atoms with Gasteiger partial charge in [0.15, 0.2) is 0 Å². The lowest BCUT2D eigenvalue weighted by atomic mass is 9.91. The van der Waals surface area contributed by atoms with Crippen LogP contribution < -0.4 is 0 Å². The molecule has 0 aliphatic carbocycles. The molecule has 1 heteroatoms. The number of rotatable bonds is 7. The van der Waals surface area contributed by atoms with Crippen LogP contribution in [0.1, 0.15) is 44.5 Å². The molecule has 1 unspecified atom stereocenters. The lowest BCUT2D eigenvalue weighted by Gasteiger charge is -2.14. The van der Waals surface area contributed by atoms with Gasteiger partial charge >= 0.3 is 0 Å². The topological polar surface area (TPSA) is 0 Å². The molecule has 0 radical (unpaired) electrons. The minimum atomic E-state index is 1.03. The van der Waals surface area contributed by atoms with Crippen LogP contribution in [-0.4, -0.2) is 0 Å². The highest BCUT2D eigenvalue weighted by Gasteiger charge is 2.07. The maximum Gasteiger partial charge on any atom is -0.0128 e. The number of benzene rings is 3. The van der Waals surface area contributed by atoms with Gasteiger partial charge in [-0.05, 0) is 91.6 Å². The summed E-state index contributed by atoms with van der Waals surface area (Å²) in [5.41, 5.74) is 11.5. The van der Waals surface area contributed by atoms with Crippen molar-refractivity contribution < 1.29 is 0 Å². The Labute approximate surface area is 167 Å². The molecule has 3 aromatic rings. The number of hydrogen-bond donors (Lipinski definition) is 0. The van der Waals surface area contributed by atoms with Gasteiger partial charge in [0.05, 0.1) is 0 Å². The van der Waals surface area contributed by atoms with E-state index in [1.165, 1.54) is 44.5 Å². The molecule has 0 saturated carbocycles. The quantitative estimate of drug-likeness (QED) is 0.411. The van der Waals surface area contributed by atoms with Gasteiger partial charge < -0.3 is 0 Å². The first-order valence-electron chi connectivity index (χ1n) is 9.98. The molecule has 3 rings (SSSR count). The van der Waals surface area contributed by atoms with Crippen LogP contribution in [0.25, 0.3) is 0 Å². The lowest BCUT2D eigenvalue weighted by Crippen LogP contribution is -2.01. The van der Waals surface area contributed by atoms with E-state index in [0.29, 0.717) is 0 Å². The summed E-state index contributed by atoms with van der Waals surface area (Å²) in [5, 5.41) is 0. The van der Waals surface area contributed by atoms with Crippen molar-refractivity contribution in [2.75, 3.05) is 0 Å². The molecular weight excluding hydrogens is 343 g/mol. The van der Waals surface area contributed by atoms with E-state index in [9.17, 15) is 0 Å². The SMILES string of the molecule is Cc1ccc(CCc2ccc(CCc3ccc(CP)cc3)c(C)c2C)cc1. The lowest BCUT2D eigenvalue weighted by molar-refractivity contribution is 0.916. The highest BCUT2D eigenvalue weighted by atomic mass is 31.0. The molecule has 0 spiro atoms. The van der Waals surface area contributed by atoms with E-state index < -0.39 is 0 Å². The highest BCUT2D eigenvalue weighted by Crippen LogP contribution is 2.21. The first-order chi connectivity index (χ1) is 13.1. The fraction of sp³-hybridized carbons (Fsp3) is 0.308. The summed E-state index contributed by atoms with van der Waals surface area (Å²) < 4.78 is 0. The zero-order valence-corrected chi connectivity index (χ0v) is 18.0. The van der Waals surface area contributed by atoms with Crippen LogP contribution in [0.5, 0.6) is 0 Å². The van der Waals surface area contributed by atoms with Gasteiger partial charge in [0.25, 0.3) is 0 Å². The second kappa shape index (κ2) is 9.34. The largest absolute Gasteiger partial charge is 0.133 e. The van der Waals surface area contributed by atoms with Crippen molar-refractivity contribution in [3.05, 3.63) is 105 Å². The van der Waals surface area contributed by atoms with Gasteiger partial charge in [-0.2, -0.15) is 0 Å². The summed E-state index contributed by atoms with van der Waals surface area (Å²) in [4.78, 5) is 0. The summed E-state index contributed by atoms with van der Waals surface area (Å²) in [7, 11) is 2.79. The van der Waals surface area contributed by atoms with Crippen LogP contribution in [0.3, 0.4) is 0 Å². The smallest absolute Gasteiger partial charge is 0.0128 e. The molecule has 0 aliphatic rings. The van der Waals surface area contributed by atoms with Crippen LogP contribution >= 0.6 is 9.24 Å². The molecule has 0 bridgehead atoms. The average molecular weight is 375 g/mol. The number of hydrogen-bond acceptors (Lipinski definition) is 0.